The molecule has 1 aromatic carbocycles. The summed E-state index contributed by atoms with van der Waals surface area (Å²) in [5, 5.41) is 10.1. The predicted molar refractivity (Wildman–Crippen MR) is 95.2 cm³/mol. The van der Waals surface area contributed by atoms with Gasteiger partial charge in [-0.1, -0.05) is 20.3 Å². The van der Waals surface area contributed by atoms with Crippen molar-refractivity contribution in [3.8, 4) is 5.75 Å². The zero-order valence-corrected chi connectivity index (χ0v) is 14.9. The lowest BCUT2D eigenvalue weighted by atomic mass is 9.82. The molecule has 23 heavy (non-hydrogen) atoms. The van der Waals surface area contributed by atoms with Crippen molar-refractivity contribution in [3.05, 3.63) is 23.8 Å². The van der Waals surface area contributed by atoms with Gasteiger partial charge in [0.05, 0.1) is 12.0 Å². The summed E-state index contributed by atoms with van der Waals surface area (Å²) in [6.07, 6.45) is 2.44. The summed E-state index contributed by atoms with van der Waals surface area (Å²) in [7, 11) is 2.16. The molecule has 0 radical (unpaired) electrons. The Hall–Kier alpha value is -1.56. The van der Waals surface area contributed by atoms with E-state index in [2.05, 4.69) is 29.3 Å². The molecule has 0 saturated carbocycles. The topological polar surface area (TPSA) is 75.8 Å². The van der Waals surface area contributed by atoms with Crippen LogP contribution in [0.2, 0.25) is 0 Å². The number of unbranched alkanes of at least 4 members (excludes halogenated alkanes) is 1. The maximum atomic E-state index is 9.87. The number of nitrogens with two attached hydrogens (primary N) is 1. The third-order valence-corrected chi connectivity index (χ3v) is 6.10. The second-order valence-electron chi connectivity index (χ2n) is 6.22. The third kappa shape index (κ3) is 3.68. The maximum absolute atomic E-state index is 9.87. The molecule has 2 aliphatic heterocycles. The van der Waals surface area contributed by atoms with Crippen LogP contribution in [0, 0.1) is 0 Å². The summed E-state index contributed by atoms with van der Waals surface area (Å²) in [6.45, 7) is 4.79. The summed E-state index contributed by atoms with van der Waals surface area (Å²) in [6, 6.07) is 5.76. The summed E-state index contributed by atoms with van der Waals surface area (Å²) in [5.74, 6) is 1.61. The molecule has 2 atom stereocenters. The number of phenolic OH excluding ortho intramolecular Hbond substituents is 1. The number of carbonyl (C=O) groups is 1. The van der Waals surface area contributed by atoms with Gasteiger partial charge in [-0.2, -0.15) is 0 Å². The number of likely N-dealkylation sites (N-methyl/N-ethyl adjacent to an activating group) is 1. The number of amides is 1. The molecule has 0 aliphatic carbocycles. The van der Waals surface area contributed by atoms with Gasteiger partial charge in [-0.05, 0) is 42.4 Å². The van der Waals surface area contributed by atoms with Crippen LogP contribution in [0.1, 0.15) is 38.7 Å². The van der Waals surface area contributed by atoms with Crippen LogP contribution < -0.4 is 10.6 Å². The highest BCUT2D eigenvalue weighted by molar-refractivity contribution is 8.00. The first-order valence-electron chi connectivity index (χ1n) is 8.00. The Bertz CT molecular complexity index is 567. The quantitative estimate of drug-likeness (QED) is 0.826. The molecule has 0 aromatic heterocycles. The van der Waals surface area contributed by atoms with Crippen LogP contribution in [-0.4, -0.2) is 36.0 Å². The molecule has 1 fully saturated rings. The number of anilines is 1. The lowest BCUT2D eigenvalue weighted by molar-refractivity contribution is 0.155. The molecule has 2 heterocycles. The van der Waals surface area contributed by atoms with E-state index in [9.17, 15) is 9.90 Å². The number of benzene rings is 1. The first-order valence-corrected chi connectivity index (χ1v) is 9.05. The van der Waals surface area contributed by atoms with E-state index in [1.165, 1.54) is 23.4 Å². The molecule has 5 nitrogen and oxygen atoms in total. The van der Waals surface area contributed by atoms with Crippen molar-refractivity contribution in [1.29, 1.82) is 0 Å². The van der Waals surface area contributed by atoms with E-state index < -0.39 is 6.09 Å². The second kappa shape index (κ2) is 7.34. The van der Waals surface area contributed by atoms with E-state index in [-0.39, 0.29) is 5.41 Å². The average molecular weight is 338 g/mol. The first-order chi connectivity index (χ1) is 10.9. The van der Waals surface area contributed by atoms with Crippen molar-refractivity contribution in [2.24, 2.45) is 5.73 Å². The number of primary amides is 1. The van der Waals surface area contributed by atoms with Gasteiger partial charge in [0, 0.05) is 18.2 Å². The number of hydrogen-bond donors (Lipinski definition) is 2. The van der Waals surface area contributed by atoms with Gasteiger partial charge < -0.3 is 20.5 Å². The molecule has 2 unspecified atom stereocenters. The van der Waals surface area contributed by atoms with Gasteiger partial charge in [0.1, 0.15) is 5.75 Å². The number of nitrogens with zero attached hydrogens (tertiary/aromatic N) is 1. The minimum absolute atomic E-state index is 0.230. The Kier molecular flexibility index (Phi) is 5.68. The summed E-state index contributed by atoms with van der Waals surface area (Å²) in [5.41, 5.74) is 7.51. The van der Waals surface area contributed by atoms with Gasteiger partial charge in [-0.15, -0.1) is 11.8 Å². The lowest BCUT2D eigenvalue weighted by Gasteiger charge is -2.27. The Morgan fingerprint density at radius 1 is 1.57 bits per heavy atom. The number of fused-ring (bicyclic) bond motifs is 3. The maximum Gasteiger partial charge on any atom is 0.404 e. The van der Waals surface area contributed by atoms with Crippen LogP contribution in [0.15, 0.2) is 18.2 Å². The zero-order valence-electron chi connectivity index (χ0n) is 14.0. The van der Waals surface area contributed by atoms with E-state index in [1.54, 1.807) is 6.07 Å². The normalized spacial score (nSPS) is 24.5. The molecule has 1 amide bonds. The Labute approximate surface area is 142 Å². The van der Waals surface area contributed by atoms with Gasteiger partial charge in [-0.25, -0.2) is 4.79 Å². The van der Waals surface area contributed by atoms with E-state index >= 15 is 0 Å². The fourth-order valence-electron chi connectivity index (χ4n) is 3.23. The number of rotatable bonds is 3. The molecule has 1 aromatic rings. The number of carbonyl (C=O) groups excluding carboxylic acids is 1. The minimum atomic E-state index is -0.682. The van der Waals surface area contributed by atoms with Crippen molar-refractivity contribution >= 4 is 23.5 Å². The van der Waals surface area contributed by atoms with Gasteiger partial charge in [0.15, 0.2) is 0 Å². The van der Waals surface area contributed by atoms with Crippen molar-refractivity contribution < 1.29 is 14.6 Å². The predicted octanol–water partition coefficient (Wildman–Crippen LogP) is 3.44. The van der Waals surface area contributed by atoms with Gasteiger partial charge >= 0.3 is 6.09 Å². The van der Waals surface area contributed by atoms with Crippen LogP contribution >= 0.6 is 11.8 Å². The largest absolute Gasteiger partial charge is 0.508 e. The number of thioether (sulfide) groups is 1. The van der Waals surface area contributed by atoms with Crippen LogP contribution in [0.25, 0.3) is 0 Å². The molecule has 128 valence electrons. The van der Waals surface area contributed by atoms with E-state index in [1.807, 2.05) is 30.8 Å². The molecule has 3 rings (SSSR count). The van der Waals surface area contributed by atoms with Crippen LogP contribution in [0.4, 0.5) is 10.5 Å². The zero-order chi connectivity index (χ0) is 17.0. The average Bonchev–Trinajstić information content (AvgIpc) is 2.97. The van der Waals surface area contributed by atoms with Crippen molar-refractivity contribution in [3.63, 3.8) is 0 Å². The molecule has 1 saturated heterocycles. The molecule has 0 bridgehead atoms. The lowest BCUT2D eigenvalue weighted by Crippen LogP contribution is -2.34. The highest BCUT2D eigenvalue weighted by Gasteiger charge is 2.49. The molecule has 0 spiro atoms. The SMILES string of the molecule is CCCCOC(N)=O.CN1c2ccc(O)cc2C2(C)CCSC12. The Balaban J connectivity index is 0.000000207. The van der Waals surface area contributed by atoms with Crippen molar-refractivity contribution in [2.45, 2.75) is 43.9 Å². The monoisotopic (exact) mass is 338 g/mol. The second-order valence-corrected chi connectivity index (χ2v) is 7.41. The first kappa shape index (κ1) is 17.8. The number of aromatic hydroxyl groups is 1. The molecule has 2 aliphatic rings. The van der Waals surface area contributed by atoms with Crippen LogP contribution in [0.3, 0.4) is 0 Å². The summed E-state index contributed by atoms with van der Waals surface area (Å²) >= 11 is 2.03. The summed E-state index contributed by atoms with van der Waals surface area (Å²) in [4.78, 5) is 12.2. The molecular formula is C17H26N2O3S. The Morgan fingerprint density at radius 3 is 2.96 bits per heavy atom. The van der Waals surface area contributed by atoms with Crippen LogP contribution in [0.5, 0.6) is 5.75 Å². The van der Waals surface area contributed by atoms with Crippen LogP contribution in [-0.2, 0) is 10.2 Å². The number of hydrogen-bond acceptors (Lipinski definition) is 5. The van der Waals surface area contributed by atoms with Gasteiger partial charge in [0.2, 0.25) is 0 Å². The molecular weight excluding hydrogens is 312 g/mol. The minimum Gasteiger partial charge on any atom is -0.508 e. The third-order valence-electron chi connectivity index (χ3n) is 4.51. The molecule has 6 heteroatoms. The number of phenols is 1. The smallest absolute Gasteiger partial charge is 0.404 e. The highest BCUT2D eigenvalue weighted by Crippen LogP contribution is 2.55. The van der Waals surface area contributed by atoms with E-state index in [0.717, 1.165) is 12.8 Å². The number of ether oxygens (including phenoxy) is 1. The van der Waals surface area contributed by atoms with Crippen molar-refractivity contribution in [2.75, 3.05) is 24.3 Å². The molecule has 3 N–H and O–H groups in total. The Morgan fingerprint density at radius 2 is 2.30 bits per heavy atom. The fourth-order valence-corrected chi connectivity index (χ4v) is 4.94. The standard InChI is InChI=1S/C12H15NOS.C5H11NO2/c1-12-5-6-15-11(12)13(2)10-4-3-8(14)7-9(10)12;1-2-3-4-8-5(6)7/h3-4,7,11,14H,5-6H2,1-2H3;2-4H2,1H3,(H2,6,7). The summed E-state index contributed by atoms with van der Waals surface area (Å²) < 4.78 is 4.42. The van der Waals surface area contributed by atoms with E-state index in [0.29, 0.717) is 17.7 Å². The van der Waals surface area contributed by atoms with Gasteiger partial charge in [0.25, 0.3) is 0 Å². The van der Waals surface area contributed by atoms with Crippen molar-refractivity contribution in [1.82, 2.24) is 0 Å². The highest BCUT2D eigenvalue weighted by atomic mass is 32.2. The van der Waals surface area contributed by atoms with Gasteiger partial charge in [-0.3, -0.25) is 0 Å². The fraction of sp³-hybridized carbons (Fsp3) is 0.588. The van der Waals surface area contributed by atoms with E-state index in [4.69, 9.17) is 0 Å².